The molecule has 0 unspecified atom stereocenters. The summed E-state index contributed by atoms with van der Waals surface area (Å²) in [6.45, 7) is 4.25. The molecular formula is C11H16N2O2S. The van der Waals surface area contributed by atoms with E-state index in [1.807, 2.05) is 18.2 Å². The lowest BCUT2D eigenvalue weighted by atomic mass is 10.3. The van der Waals surface area contributed by atoms with Crippen LogP contribution in [-0.4, -0.2) is 13.4 Å². The number of primary sulfonamides is 1. The van der Waals surface area contributed by atoms with Gasteiger partial charge >= 0.3 is 0 Å². The van der Waals surface area contributed by atoms with Gasteiger partial charge in [0.25, 0.3) is 10.0 Å². The Morgan fingerprint density at radius 1 is 1.25 bits per heavy atom. The van der Waals surface area contributed by atoms with E-state index >= 15 is 0 Å². The van der Waals surface area contributed by atoms with E-state index in [1.54, 1.807) is 6.07 Å². The van der Waals surface area contributed by atoms with Gasteiger partial charge in [-0.25, -0.2) is 13.6 Å². The highest BCUT2D eigenvalue weighted by atomic mass is 32.2. The van der Waals surface area contributed by atoms with Crippen molar-refractivity contribution in [3.05, 3.63) is 30.3 Å². The third kappa shape index (κ3) is 3.08. The van der Waals surface area contributed by atoms with Crippen molar-refractivity contribution in [2.45, 2.75) is 25.3 Å². The van der Waals surface area contributed by atoms with Gasteiger partial charge in [-0.3, -0.25) is 0 Å². The van der Waals surface area contributed by atoms with Crippen LogP contribution in [-0.2, 0) is 10.0 Å². The second-order valence-corrected chi connectivity index (χ2v) is 5.00. The molecule has 1 aromatic carbocycles. The minimum absolute atomic E-state index is 0.0497. The molecule has 88 valence electrons. The van der Waals surface area contributed by atoms with Crippen LogP contribution in [0.4, 0.5) is 0 Å². The van der Waals surface area contributed by atoms with Crippen molar-refractivity contribution in [3.63, 3.8) is 0 Å². The number of rotatable bonds is 1. The molecule has 5 heteroatoms. The Balaban J connectivity index is 0.000000386. The highest BCUT2D eigenvalue weighted by Gasteiger charge is 2.10. The van der Waals surface area contributed by atoms with Gasteiger partial charge < -0.3 is 4.98 Å². The zero-order chi connectivity index (χ0) is 12.2. The van der Waals surface area contributed by atoms with Crippen LogP contribution in [0, 0.1) is 0 Å². The molecule has 3 N–H and O–H groups in total. The Hall–Kier alpha value is -1.33. The van der Waals surface area contributed by atoms with Crippen molar-refractivity contribution in [1.82, 2.24) is 4.98 Å². The third-order valence-electron chi connectivity index (χ3n) is 1.81. The lowest BCUT2D eigenvalue weighted by Crippen LogP contribution is -2.12. The third-order valence-corrected chi connectivity index (χ3v) is 2.64. The van der Waals surface area contributed by atoms with E-state index in [-0.39, 0.29) is 5.03 Å². The fourth-order valence-corrected chi connectivity index (χ4v) is 1.74. The summed E-state index contributed by atoms with van der Waals surface area (Å²) < 4.78 is 21.9. The summed E-state index contributed by atoms with van der Waals surface area (Å²) in [4.78, 5) is 2.72. The van der Waals surface area contributed by atoms with Gasteiger partial charge in [-0.1, -0.05) is 38.5 Å². The molecule has 1 aromatic heterocycles. The van der Waals surface area contributed by atoms with Crippen LogP contribution in [0.3, 0.4) is 0 Å². The lowest BCUT2D eigenvalue weighted by Gasteiger charge is -1.89. The Morgan fingerprint density at radius 3 is 2.31 bits per heavy atom. The molecule has 1 heterocycles. The minimum Gasteiger partial charge on any atom is -0.345 e. The molecule has 0 aliphatic rings. The first-order valence-corrected chi connectivity index (χ1v) is 6.64. The van der Waals surface area contributed by atoms with Gasteiger partial charge in [0.2, 0.25) is 0 Å². The summed E-state index contributed by atoms with van der Waals surface area (Å²) >= 11 is 0. The van der Waals surface area contributed by atoms with Crippen LogP contribution in [0.1, 0.15) is 20.3 Å². The number of hydrogen-bond donors (Lipinski definition) is 2. The monoisotopic (exact) mass is 240 g/mol. The van der Waals surface area contributed by atoms with Crippen molar-refractivity contribution in [3.8, 4) is 0 Å². The van der Waals surface area contributed by atoms with E-state index < -0.39 is 10.0 Å². The van der Waals surface area contributed by atoms with E-state index in [9.17, 15) is 8.42 Å². The SMILES string of the molecule is CCC.NS(=O)(=O)c1cc2ccccc2[nH]1. The molecule has 0 spiro atoms. The van der Waals surface area contributed by atoms with Crippen LogP contribution < -0.4 is 5.14 Å². The molecule has 0 bridgehead atoms. The maximum atomic E-state index is 10.9. The zero-order valence-electron chi connectivity index (χ0n) is 9.40. The van der Waals surface area contributed by atoms with Crippen molar-refractivity contribution in [2.75, 3.05) is 0 Å². The maximum absolute atomic E-state index is 10.9. The highest BCUT2D eigenvalue weighted by Crippen LogP contribution is 2.16. The number of aromatic nitrogens is 1. The summed E-state index contributed by atoms with van der Waals surface area (Å²) in [6, 6.07) is 8.80. The van der Waals surface area contributed by atoms with E-state index in [2.05, 4.69) is 18.8 Å². The van der Waals surface area contributed by atoms with Crippen LogP contribution in [0.5, 0.6) is 0 Å². The summed E-state index contributed by atoms with van der Waals surface area (Å²) in [7, 11) is -3.62. The molecule has 0 aliphatic heterocycles. The number of nitrogens with one attached hydrogen (secondary N) is 1. The van der Waals surface area contributed by atoms with Crippen LogP contribution in [0.25, 0.3) is 10.9 Å². The molecule has 0 atom stereocenters. The average Bonchev–Trinajstić information content (AvgIpc) is 2.61. The summed E-state index contributed by atoms with van der Waals surface area (Å²) in [6.07, 6.45) is 1.25. The Kier molecular flexibility index (Phi) is 4.09. The lowest BCUT2D eigenvalue weighted by molar-refractivity contribution is 0.595. The van der Waals surface area contributed by atoms with Crippen molar-refractivity contribution in [2.24, 2.45) is 5.14 Å². The molecular weight excluding hydrogens is 224 g/mol. The fourth-order valence-electron chi connectivity index (χ4n) is 1.20. The number of nitrogens with two attached hydrogens (primary N) is 1. The second kappa shape index (κ2) is 5.14. The Morgan fingerprint density at radius 2 is 1.81 bits per heavy atom. The highest BCUT2D eigenvalue weighted by molar-refractivity contribution is 7.89. The topological polar surface area (TPSA) is 76.0 Å². The number of H-pyrrole nitrogens is 1. The zero-order valence-corrected chi connectivity index (χ0v) is 10.2. The number of sulfonamides is 1. The predicted octanol–water partition coefficient (Wildman–Crippen LogP) is 2.23. The molecule has 0 saturated carbocycles. The summed E-state index contributed by atoms with van der Waals surface area (Å²) in [5, 5.41) is 5.85. The first kappa shape index (κ1) is 12.7. The summed E-state index contributed by atoms with van der Waals surface area (Å²) in [5.41, 5.74) is 0.770. The van der Waals surface area contributed by atoms with Gasteiger partial charge in [0.05, 0.1) is 0 Å². The van der Waals surface area contributed by atoms with Crippen molar-refractivity contribution < 1.29 is 8.42 Å². The molecule has 0 fully saturated rings. The van der Waals surface area contributed by atoms with Crippen LogP contribution >= 0.6 is 0 Å². The molecule has 0 saturated heterocycles. The standard InChI is InChI=1S/C8H8N2O2S.C3H8/c9-13(11,12)8-5-6-3-1-2-4-7(6)10-8;1-3-2/h1-5,10H,(H2,9,11,12);3H2,1-2H3. The van der Waals surface area contributed by atoms with Gasteiger partial charge in [0.1, 0.15) is 5.03 Å². The van der Waals surface area contributed by atoms with Gasteiger partial charge in [0.15, 0.2) is 0 Å². The van der Waals surface area contributed by atoms with E-state index in [0.29, 0.717) is 0 Å². The first-order chi connectivity index (χ1) is 7.49. The number of hydrogen-bond acceptors (Lipinski definition) is 2. The second-order valence-electron chi connectivity index (χ2n) is 3.47. The molecule has 0 amide bonds. The number of fused-ring (bicyclic) bond motifs is 1. The van der Waals surface area contributed by atoms with E-state index in [1.165, 1.54) is 12.5 Å². The summed E-state index contributed by atoms with van der Waals surface area (Å²) in [5.74, 6) is 0. The molecule has 2 aromatic rings. The molecule has 2 rings (SSSR count). The molecule has 0 aliphatic carbocycles. The van der Waals surface area contributed by atoms with Crippen LogP contribution in [0.2, 0.25) is 0 Å². The van der Waals surface area contributed by atoms with E-state index in [0.717, 1.165) is 10.9 Å². The molecule has 4 nitrogen and oxygen atoms in total. The fraction of sp³-hybridized carbons (Fsp3) is 0.273. The smallest absolute Gasteiger partial charge is 0.253 e. The maximum Gasteiger partial charge on any atom is 0.253 e. The largest absolute Gasteiger partial charge is 0.345 e. The van der Waals surface area contributed by atoms with Gasteiger partial charge in [-0.15, -0.1) is 0 Å². The minimum atomic E-state index is -3.62. The number of para-hydroxylation sites is 1. The van der Waals surface area contributed by atoms with Crippen LogP contribution in [0.15, 0.2) is 35.4 Å². The number of benzene rings is 1. The van der Waals surface area contributed by atoms with Gasteiger partial charge in [-0.2, -0.15) is 0 Å². The quantitative estimate of drug-likeness (QED) is 0.802. The average molecular weight is 240 g/mol. The Labute approximate surface area is 95.5 Å². The number of aromatic amines is 1. The normalized spacial score (nSPS) is 10.9. The van der Waals surface area contributed by atoms with Crippen molar-refractivity contribution >= 4 is 20.9 Å². The Bertz CT molecular complexity index is 525. The van der Waals surface area contributed by atoms with E-state index in [4.69, 9.17) is 5.14 Å². The molecule has 16 heavy (non-hydrogen) atoms. The predicted molar refractivity (Wildman–Crippen MR) is 65.6 cm³/mol. The van der Waals surface area contributed by atoms with Crippen molar-refractivity contribution in [1.29, 1.82) is 0 Å². The first-order valence-electron chi connectivity index (χ1n) is 5.09. The molecule has 0 radical (unpaired) electrons. The van der Waals surface area contributed by atoms with Gasteiger partial charge in [0, 0.05) is 10.9 Å². The van der Waals surface area contributed by atoms with Gasteiger partial charge in [-0.05, 0) is 12.1 Å².